The van der Waals surface area contributed by atoms with E-state index < -0.39 is 14.5 Å². The molecule has 1 aliphatic rings. The summed E-state index contributed by atoms with van der Waals surface area (Å²) < 4.78 is 23.1. The SMILES string of the molecule is C=CCOc1nc(-n2cc(-c3ccccc3)nn2)nc2c1ncn2[C@@H]1O[C@H](CC)C(C)[C@@H]1O[Si](C)(C)C(C)(C)C. The molecule has 0 aliphatic carbocycles. The molecule has 5 rings (SSSR count). The van der Waals surface area contributed by atoms with E-state index in [0.29, 0.717) is 28.7 Å². The van der Waals surface area contributed by atoms with Crippen LogP contribution in [0.25, 0.3) is 28.4 Å². The van der Waals surface area contributed by atoms with Crippen molar-refractivity contribution in [2.45, 2.75) is 77.6 Å². The zero-order valence-corrected chi connectivity index (χ0v) is 25.4. The minimum atomic E-state index is -2.10. The molecular weight excluding hydrogens is 522 g/mol. The molecule has 4 aromatic rings. The molecule has 10 nitrogen and oxygen atoms in total. The fourth-order valence-corrected chi connectivity index (χ4v) is 6.10. The van der Waals surface area contributed by atoms with Crippen LogP contribution in [0.1, 0.15) is 47.3 Å². The van der Waals surface area contributed by atoms with Gasteiger partial charge in [0, 0.05) is 11.5 Å². The van der Waals surface area contributed by atoms with Gasteiger partial charge >= 0.3 is 0 Å². The largest absolute Gasteiger partial charge is 0.472 e. The van der Waals surface area contributed by atoms with E-state index in [1.165, 1.54) is 0 Å². The monoisotopic (exact) mass is 561 g/mol. The van der Waals surface area contributed by atoms with Gasteiger partial charge in [-0.1, -0.05) is 82.8 Å². The second kappa shape index (κ2) is 10.9. The highest BCUT2D eigenvalue weighted by Crippen LogP contribution is 2.45. The van der Waals surface area contributed by atoms with E-state index in [2.05, 4.69) is 74.6 Å². The van der Waals surface area contributed by atoms with Crippen LogP contribution in [0.15, 0.2) is 55.5 Å². The summed E-state index contributed by atoms with van der Waals surface area (Å²) >= 11 is 0. The minimum absolute atomic E-state index is 0.0544. The van der Waals surface area contributed by atoms with Crippen LogP contribution in [0.5, 0.6) is 5.88 Å². The molecule has 0 amide bonds. The number of nitrogens with zero attached hydrogens (tertiary/aromatic N) is 7. The Morgan fingerprint density at radius 1 is 1.15 bits per heavy atom. The molecule has 1 unspecified atom stereocenters. The standard InChI is InChI=1S/C29H39N7O3Si/c1-9-16-37-26-23-25(31-28(32-26)36-17-21(33-34-36)20-14-12-11-13-15-20)35(18-30-23)27-24(19(3)22(10-2)38-27)39-40(7,8)29(4,5)6/h9,11-15,17-19,22,24,27H,1,10,16H2,2-8H3/t19?,22-,24+,27-/m1/s1. The van der Waals surface area contributed by atoms with E-state index in [1.807, 2.05) is 34.9 Å². The summed E-state index contributed by atoms with van der Waals surface area (Å²) in [6, 6.07) is 9.86. The molecule has 4 heterocycles. The quantitative estimate of drug-likeness (QED) is 0.182. The number of rotatable bonds is 9. The first-order valence-corrected chi connectivity index (χ1v) is 16.7. The van der Waals surface area contributed by atoms with Gasteiger partial charge in [-0.3, -0.25) is 4.57 Å². The smallest absolute Gasteiger partial charge is 0.257 e. The van der Waals surface area contributed by atoms with Crippen LogP contribution in [0.2, 0.25) is 18.1 Å². The summed E-state index contributed by atoms with van der Waals surface area (Å²) in [6.45, 7) is 19.7. The van der Waals surface area contributed by atoms with Gasteiger partial charge in [0.2, 0.25) is 5.88 Å². The van der Waals surface area contributed by atoms with Gasteiger partial charge in [-0.25, -0.2) is 4.98 Å². The van der Waals surface area contributed by atoms with Crippen LogP contribution in [-0.2, 0) is 9.16 Å². The van der Waals surface area contributed by atoms with Crippen molar-refractivity contribution in [2.75, 3.05) is 6.61 Å². The van der Waals surface area contributed by atoms with E-state index >= 15 is 0 Å². The van der Waals surface area contributed by atoms with Crippen LogP contribution < -0.4 is 4.74 Å². The maximum absolute atomic E-state index is 7.01. The number of ether oxygens (including phenoxy) is 2. The summed E-state index contributed by atoms with van der Waals surface area (Å²) in [5.74, 6) is 0.862. The Morgan fingerprint density at radius 3 is 2.58 bits per heavy atom. The molecule has 0 radical (unpaired) electrons. The molecule has 0 bridgehead atoms. The maximum atomic E-state index is 7.01. The van der Waals surface area contributed by atoms with E-state index in [0.717, 1.165) is 12.0 Å². The molecule has 0 saturated carbocycles. The Labute approximate surface area is 236 Å². The Bertz CT molecular complexity index is 1480. The van der Waals surface area contributed by atoms with Gasteiger partial charge in [0.25, 0.3) is 5.95 Å². The molecule has 0 N–H and O–H groups in total. The summed E-state index contributed by atoms with van der Waals surface area (Å²) in [4.78, 5) is 14.2. The molecule has 1 aromatic carbocycles. The molecule has 4 atom stereocenters. The number of hydrogen-bond acceptors (Lipinski definition) is 8. The number of hydrogen-bond donors (Lipinski definition) is 0. The third-order valence-electron chi connectivity index (χ3n) is 8.10. The fourth-order valence-electron chi connectivity index (χ4n) is 4.74. The molecule has 212 valence electrons. The highest BCUT2D eigenvalue weighted by molar-refractivity contribution is 6.74. The highest BCUT2D eigenvalue weighted by atomic mass is 28.4. The molecule has 11 heteroatoms. The predicted molar refractivity (Wildman–Crippen MR) is 157 cm³/mol. The Balaban J connectivity index is 1.60. The molecular formula is C29H39N7O3Si. The van der Waals surface area contributed by atoms with Crippen LogP contribution in [0.3, 0.4) is 0 Å². The van der Waals surface area contributed by atoms with Crippen molar-refractivity contribution < 1.29 is 13.9 Å². The first-order valence-electron chi connectivity index (χ1n) is 13.8. The van der Waals surface area contributed by atoms with Gasteiger partial charge in [0.15, 0.2) is 25.7 Å². The third-order valence-corrected chi connectivity index (χ3v) is 12.6. The summed E-state index contributed by atoms with van der Waals surface area (Å²) in [7, 11) is -2.10. The van der Waals surface area contributed by atoms with E-state index in [4.69, 9.17) is 18.9 Å². The van der Waals surface area contributed by atoms with E-state index in [1.54, 1.807) is 23.3 Å². The molecule has 3 aromatic heterocycles. The van der Waals surface area contributed by atoms with Crippen molar-refractivity contribution >= 4 is 19.5 Å². The predicted octanol–water partition coefficient (Wildman–Crippen LogP) is 5.97. The Kier molecular flexibility index (Phi) is 7.64. The zero-order valence-electron chi connectivity index (χ0n) is 24.4. The average Bonchev–Trinajstić information content (AvgIpc) is 3.65. The van der Waals surface area contributed by atoms with Gasteiger partial charge in [-0.15, -0.1) is 5.10 Å². The zero-order chi connectivity index (χ0) is 28.7. The van der Waals surface area contributed by atoms with Gasteiger partial charge < -0.3 is 13.9 Å². The van der Waals surface area contributed by atoms with Crippen molar-refractivity contribution in [3.05, 3.63) is 55.5 Å². The van der Waals surface area contributed by atoms with Gasteiger partial charge in [0.05, 0.1) is 24.7 Å². The number of benzene rings is 1. The average molecular weight is 562 g/mol. The lowest BCUT2D eigenvalue weighted by Gasteiger charge is -2.40. The molecule has 1 saturated heterocycles. The third kappa shape index (κ3) is 5.20. The number of imidazole rings is 1. The van der Waals surface area contributed by atoms with Crippen LogP contribution in [0.4, 0.5) is 0 Å². The molecule has 1 fully saturated rings. The van der Waals surface area contributed by atoms with Crippen molar-refractivity contribution in [2.24, 2.45) is 5.92 Å². The van der Waals surface area contributed by atoms with Crippen molar-refractivity contribution in [3.8, 4) is 23.1 Å². The summed E-state index contributed by atoms with van der Waals surface area (Å²) in [5, 5.41) is 8.72. The van der Waals surface area contributed by atoms with Crippen LogP contribution >= 0.6 is 0 Å². The van der Waals surface area contributed by atoms with Gasteiger partial charge in [-0.2, -0.15) is 14.6 Å². The lowest BCUT2D eigenvalue weighted by atomic mass is 9.99. The van der Waals surface area contributed by atoms with Crippen molar-refractivity contribution in [1.29, 1.82) is 0 Å². The number of fused-ring (bicyclic) bond motifs is 1. The molecule has 0 spiro atoms. The fraction of sp³-hybridized carbons (Fsp3) is 0.483. The topological polar surface area (TPSA) is 102 Å². The Morgan fingerprint density at radius 2 is 1.90 bits per heavy atom. The molecule has 1 aliphatic heterocycles. The second-order valence-electron chi connectivity index (χ2n) is 11.8. The van der Waals surface area contributed by atoms with Gasteiger partial charge in [-0.05, 0) is 24.6 Å². The normalized spacial score (nSPS) is 21.7. The first kappa shape index (κ1) is 28.1. The lowest BCUT2D eigenvalue weighted by Crippen LogP contribution is -2.46. The second-order valence-corrected chi connectivity index (χ2v) is 16.6. The summed E-state index contributed by atoms with van der Waals surface area (Å²) in [5.41, 5.74) is 2.79. The summed E-state index contributed by atoms with van der Waals surface area (Å²) in [6.07, 6.45) is 5.61. The van der Waals surface area contributed by atoms with Gasteiger partial charge in [0.1, 0.15) is 12.3 Å². The number of aromatic nitrogens is 7. The first-order chi connectivity index (χ1) is 19.0. The van der Waals surface area contributed by atoms with E-state index in [-0.39, 0.29) is 29.8 Å². The minimum Gasteiger partial charge on any atom is -0.472 e. The van der Waals surface area contributed by atoms with Crippen molar-refractivity contribution in [3.63, 3.8) is 0 Å². The molecule has 40 heavy (non-hydrogen) atoms. The van der Waals surface area contributed by atoms with Crippen LogP contribution in [-0.4, -0.2) is 61.6 Å². The lowest BCUT2D eigenvalue weighted by molar-refractivity contribution is -0.0321. The highest BCUT2D eigenvalue weighted by Gasteiger charge is 2.49. The maximum Gasteiger partial charge on any atom is 0.257 e. The Hall–Kier alpha value is -3.41. The van der Waals surface area contributed by atoms with Crippen LogP contribution in [0, 0.1) is 5.92 Å². The van der Waals surface area contributed by atoms with Crippen molar-refractivity contribution in [1.82, 2.24) is 34.5 Å². The van der Waals surface area contributed by atoms with E-state index in [9.17, 15) is 0 Å².